The van der Waals surface area contributed by atoms with Crippen molar-refractivity contribution < 1.29 is 5.11 Å². The van der Waals surface area contributed by atoms with Gasteiger partial charge in [-0.2, -0.15) is 11.8 Å². The molecule has 0 unspecified atom stereocenters. The monoisotopic (exact) mass is 189 g/mol. The van der Waals surface area contributed by atoms with Gasteiger partial charge in [0.15, 0.2) is 0 Å². The van der Waals surface area contributed by atoms with Gasteiger partial charge in [0.05, 0.1) is 6.61 Å². The van der Waals surface area contributed by atoms with E-state index in [9.17, 15) is 5.11 Å². The Morgan fingerprint density at radius 2 is 1.58 bits per heavy atom. The van der Waals surface area contributed by atoms with Crippen molar-refractivity contribution in [2.24, 2.45) is 0 Å². The Bertz CT molecular complexity index is 96.5. The lowest BCUT2D eigenvalue weighted by atomic mass is 10.2. The molecule has 0 aliphatic carbocycles. The molecular formula is C10H21OS. The molecule has 0 saturated carbocycles. The van der Waals surface area contributed by atoms with Crippen LogP contribution in [0.5, 0.6) is 0 Å². The topological polar surface area (TPSA) is 19.9 Å². The summed E-state index contributed by atoms with van der Waals surface area (Å²) in [6.45, 7) is 6.84. The number of thioether (sulfide) groups is 1. The molecule has 0 aromatic carbocycles. The lowest BCUT2D eigenvalue weighted by Crippen LogP contribution is -2.08. The number of unbranched alkanes of at least 4 members (excludes halogenated alkanes) is 3. The van der Waals surface area contributed by atoms with E-state index in [1.165, 1.54) is 18.6 Å². The summed E-state index contributed by atoms with van der Waals surface area (Å²) in [5, 5.41) is 10.1. The van der Waals surface area contributed by atoms with Crippen molar-refractivity contribution in [3.8, 4) is 0 Å². The Morgan fingerprint density at radius 3 is 2.08 bits per heavy atom. The van der Waals surface area contributed by atoms with E-state index in [1.807, 2.05) is 11.8 Å². The van der Waals surface area contributed by atoms with Crippen LogP contribution < -0.4 is 0 Å². The minimum absolute atomic E-state index is 0.104. The van der Waals surface area contributed by atoms with Gasteiger partial charge >= 0.3 is 0 Å². The molecule has 0 saturated heterocycles. The van der Waals surface area contributed by atoms with E-state index in [0.29, 0.717) is 4.75 Å². The Hall–Kier alpha value is 0.310. The average Bonchev–Trinajstić information content (AvgIpc) is 1.94. The zero-order chi connectivity index (χ0) is 9.45. The second-order valence-corrected chi connectivity index (χ2v) is 6.00. The van der Waals surface area contributed by atoms with Gasteiger partial charge < -0.3 is 0 Å². The molecule has 0 aromatic rings. The minimum Gasteiger partial charge on any atom is -0.237 e. The summed E-state index contributed by atoms with van der Waals surface area (Å²) in [6.07, 6.45) is 4.47. The summed E-state index contributed by atoms with van der Waals surface area (Å²) in [6, 6.07) is 0. The fraction of sp³-hybridized carbons (Fsp3) is 1.00. The SMILES string of the molecule is CC(C)(C)SCCCCCC[O]. The fourth-order valence-corrected chi connectivity index (χ4v) is 1.90. The van der Waals surface area contributed by atoms with E-state index in [2.05, 4.69) is 20.8 Å². The first kappa shape index (κ1) is 12.3. The molecule has 1 radical (unpaired) electrons. The standard InChI is InChI=1S/C10H21OS/c1-10(2,3)12-9-7-5-4-6-8-11/h4-9H2,1-3H3. The molecule has 0 aliphatic heterocycles. The molecule has 12 heavy (non-hydrogen) atoms. The fourth-order valence-electron chi connectivity index (χ4n) is 0.936. The highest BCUT2D eigenvalue weighted by atomic mass is 32.2. The molecule has 1 nitrogen and oxygen atoms in total. The zero-order valence-corrected chi connectivity index (χ0v) is 9.38. The van der Waals surface area contributed by atoms with Crippen LogP contribution in [0.2, 0.25) is 0 Å². The lowest BCUT2D eigenvalue weighted by Gasteiger charge is -2.16. The highest BCUT2D eigenvalue weighted by Crippen LogP contribution is 2.24. The molecule has 0 spiro atoms. The summed E-state index contributed by atoms with van der Waals surface area (Å²) in [5.41, 5.74) is 0. The maximum Gasteiger partial charge on any atom is 0.0822 e. The minimum atomic E-state index is 0.104. The first-order valence-electron chi connectivity index (χ1n) is 4.78. The van der Waals surface area contributed by atoms with E-state index < -0.39 is 0 Å². The van der Waals surface area contributed by atoms with Gasteiger partial charge in [0.2, 0.25) is 0 Å². The van der Waals surface area contributed by atoms with Crippen molar-refractivity contribution in [3.63, 3.8) is 0 Å². The quantitative estimate of drug-likeness (QED) is 0.585. The van der Waals surface area contributed by atoms with Gasteiger partial charge in [0, 0.05) is 4.75 Å². The van der Waals surface area contributed by atoms with Gasteiger partial charge in [-0.1, -0.05) is 33.6 Å². The van der Waals surface area contributed by atoms with E-state index in [0.717, 1.165) is 12.8 Å². The second kappa shape index (κ2) is 6.79. The first-order chi connectivity index (χ1) is 5.56. The molecule has 0 rings (SSSR count). The van der Waals surface area contributed by atoms with Crippen molar-refractivity contribution in [2.45, 2.75) is 51.2 Å². The van der Waals surface area contributed by atoms with E-state index >= 15 is 0 Å². The lowest BCUT2D eigenvalue weighted by molar-refractivity contribution is 0.186. The van der Waals surface area contributed by atoms with Crippen LogP contribution in [-0.2, 0) is 5.11 Å². The van der Waals surface area contributed by atoms with Gasteiger partial charge in [-0.05, 0) is 18.6 Å². The zero-order valence-electron chi connectivity index (χ0n) is 8.56. The van der Waals surface area contributed by atoms with Crippen molar-refractivity contribution >= 4 is 11.8 Å². The first-order valence-corrected chi connectivity index (χ1v) is 5.77. The van der Waals surface area contributed by atoms with Crippen molar-refractivity contribution in [2.75, 3.05) is 12.4 Å². The molecule has 0 N–H and O–H groups in total. The maximum absolute atomic E-state index is 10.1. The van der Waals surface area contributed by atoms with Gasteiger partial charge in [0.25, 0.3) is 0 Å². The van der Waals surface area contributed by atoms with Crippen LogP contribution in [0.3, 0.4) is 0 Å². The molecule has 0 atom stereocenters. The highest BCUT2D eigenvalue weighted by Gasteiger charge is 2.08. The summed E-state index contributed by atoms with van der Waals surface area (Å²) >= 11 is 2.01. The van der Waals surface area contributed by atoms with Crippen LogP contribution in [0.15, 0.2) is 0 Å². The van der Waals surface area contributed by atoms with Crippen LogP contribution in [0.4, 0.5) is 0 Å². The molecular weight excluding hydrogens is 168 g/mol. The van der Waals surface area contributed by atoms with Crippen molar-refractivity contribution in [1.29, 1.82) is 0 Å². The van der Waals surface area contributed by atoms with Crippen LogP contribution >= 0.6 is 11.8 Å². The van der Waals surface area contributed by atoms with Crippen molar-refractivity contribution in [3.05, 3.63) is 0 Å². The maximum atomic E-state index is 10.1. The highest BCUT2D eigenvalue weighted by molar-refractivity contribution is 8.00. The third kappa shape index (κ3) is 10.3. The predicted molar refractivity (Wildman–Crippen MR) is 56.2 cm³/mol. The van der Waals surface area contributed by atoms with Crippen molar-refractivity contribution in [1.82, 2.24) is 0 Å². The van der Waals surface area contributed by atoms with Crippen LogP contribution in [0.25, 0.3) is 0 Å². The van der Waals surface area contributed by atoms with Gasteiger partial charge in [-0.25, -0.2) is 5.11 Å². The summed E-state index contributed by atoms with van der Waals surface area (Å²) < 4.78 is 0.401. The van der Waals surface area contributed by atoms with Gasteiger partial charge in [-0.3, -0.25) is 0 Å². The molecule has 0 aromatic heterocycles. The molecule has 2 heteroatoms. The second-order valence-electron chi connectivity index (χ2n) is 4.08. The smallest absolute Gasteiger partial charge is 0.0822 e. The number of rotatable bonds is 6. The largest absolute Gasteiger partial charge is 0.237 e. The van der Waals surface area contributed by atoms with E-state index in [-0.39, 0.29) is 6.61 Å². The molecule has 0 bridgehead atoms. The third-order valence-electron chi connectivity index (χ3n) is 1.57. The summed E-state index contributed by atoms with van der Waals surface area (Å²) in [5.74, 6) is 1.24. The Labute approximate surface area is 80.9 Å². The number of hydrogen-bond acceptors (Lipinski definition) is 1. The average molecular weight is 189 g/mol. The molecule has 0 fully saturated rings. The van der Waals surface area contributed by atoms with Crippen LogP contribution in [0.1, 0.15) is 46.5 Å². The third-order valence-corrected chi connectivity index (χ3v) is 2.93. The van der Waals surface area contributed by atoms with Gasteiger partial charge in [-0.15, -0.1) is 0 Å². The molecule has 0 amide bonds. The Kier molecular flexibility index (Phi) is 6.96. The molecule has 0 aliphatic rings. The predicted octanol–water partition coefficient (Wildman–Crippen LogP) is 3.51. The molecule has 0 heterocycles. The summed E-state index contributed by atoms with van der Waals surface area (Å²) in [4.78, 5) is 0. The normalized spacial score (nSPS) is 12.0. The van der Waals surface area contributed by atoms with E-state index in [1.54, 1.807) is 0 Å². The van der Waals surface area contributed by atoms with Crippen LogP contribution in [0, 0.1) is 0 Å². The summed E-state index contributed by atoms with van der Waals surface area (Å²) in [7, 11) is 0. The Balaban J connectivity index is 3.01. The van der Waals surface area contributed by atoms with Crippen LogP contribution in [-0.4, -0.2) is 17.1 Å². The van der Waals surface area contributed by atoms with E-state index in [4.69, 9.17) is 0 Å². The molecule has 73 valence electrons. The Morgan fingerprint density at radius 1 is 1.00 bits per heavy atom. The number of hydrogen-bond donors (Lipinski definition) is 0. The van der Waals surface area contributed by atoms with Gasteiger partial charge in [0.1, 0.15) is 0 Å².